The summed E-state index contributed by atoms with van der Waals surface area (Å²) in [5.41, 5.74) is 0.898. The maximum atomic E-state index is 5.98. The molecule has 0 radical (unpaired) electrons. The quantitative estimate of drug-likeness (QED) is 0.801. The minimum Gasteiger partial charge on any atom is -0.375 e. The molecule has 0 aliphatic rings. The van der Waals surface area contributed by atoms with Crippen LogP contribution in [0.5, 0.6) is 0 Å². The molecule has 0 saturated carbocycles. The Labute approximate surface area is 125 Å². The van der Waals surface area contributed by atoms with Crippen molar-refractivity contribution in [1.82, 2.24) is 19.7 Å². The van der Waals surface area contributed by atoms with E-state index in [4.69, 9.17) is 11.6 Å². The van der Waals surface area contributed by atoms with Crippen LogP contribution in [0.1, 0.15) is 17.8 Å². The zero-order valence-corrected chi connectivity index (χ0v) is 12.3. The molecule has 3 aromatic rings. The molecule has 1 atom stereocenters. The molecule has 3 heterocycles. The number of hydrogen-bond donors (Lipinski definition) is 1. The molecule has 0 aliphatic carbocycles. The highest BCUT2D eigenvalue weighted by Gasteiger charge is 2.12. The van der Waals surface area contributed by atoms with Crippen LogP contribution in [0.2, 0.25) is 4.34 Å². The number of thiophene rings is 1. The molecule has 0 aliphatic heterocycles. The number of rotatable bonds is 4. The normalized spacial score (nSPS) is 12.3. The van der Waals surface area contributed by atoms with Crippen LogP contribution in [0, 0.1) is 0 Å². The average Bonchev–Trinajstić information content (AvgIpc) is 3.10. The van der Waals surface area contributed by atoms with Crippen molar-refractivity contribution in [3.63, 3.8) is 0 Å². The minimum absolute atomic E-state index is 0.138. The van der Waals surface area contributed by atoms with Crippen molar-refractivity contribution in [2.75, 3.05) is 5.32 Å². The van der Waals surface area contributed by atoms with Gasteiger partial charge in [-0.1, -0.05) is 11.6 Å². The van der Waals surface area contributed by atoms with Gasteiger partial charge in [-0.25, -0.2) is 14.6 Å². The van der Waals surface area contributed by atoms with Crippen LogP contribution in [0.25, 0.3) is 5.82 Å². The fourth-order valence-electron chi connectivity index (χ4n) is 1.88. The molecule has 5 nitrogen and oxygen atoms in total. The number of hydrogen-bond acceptors (Lipinski definition) is 5. The Kier molecular flexibility index (Phi) is 3.66. The van der Waals surface area contributed by atoms with Gasteiger partial charge in [-0.2, -0.15) is 5.10 Å². The van der Waals surface area contributed by atoms with E-state index < -0.39 is 0 Å². The van der Waals surface area contributed by atoms with Crippen LogP contribution in [-0.4, -0.2) is 19.7 Å². The molecule has 0 amide bonds. The van der Waals surface area contributed by atoms with Crippen LogP contribution in [0.3, 0.4) is 0 Å². The molecule has 20 heavy (non-hydrogen) atoms. The second kappa shape index (κ2) is 5.60. The summed E-state index contributed by atoms with van der Waals surface area (Å²) >= 11 is 7.54. The summed E-state index contributed by atoms with van der Waals surface area (Å²) in [4.78, 5) is 9.47. The average molecular weight is 306 g/mol. The highest BCUT2D eigenvalue weighted by atomic mass is 35.5. The van der Waals surface area contributed by atoms with Crippen LogP contribution in [0.15, 0.2) is 43.1 Å². The largest absolute Gasteiger partial charge is 0.375 e. The second-order valence-electron chi connectivity index (χ2n) is 4.22. The van der Waals surface area contributed by atoms with Crippen LogP contribution < -0.4 is 5.32 Å². The summed E-state index contributed by atoms with van der Waals surface area (Å²) in [6.07, 6.45) is 4.84. The Morgan fingerprint density at radius 1 is 1.35 bits per heavy atom. The predicted molar refractivity (Wildman–Crippen MR) is 80.5 cm³/mol. The van der Waals surface area contributed by atoms with Gasteiger partial charge < -0.3 is 5.32 Å². The maximum Gasteiger partial charge on any atom is 0.178 e. The van der Waals surface area contributed by atoms with E-state index in [0.717, 1.165) is 15.8 Å². The van der Waals surface area contributed by atoms with Crippen LogP contribution in [-0.2, 0) is 0 Å². The Morgan fingerprint density at radius 2 is 2.25 bits per heavy atom. The Balaban J connectivity index is 1.88. The van der Waals surface area contributed by atoms with Crippen molar-refractivity contribution in [3.8, 4) is 5.82 Å². The molecule has 102 valence electrons. The summed E-state index contributed by atoms with van der Waals surface area (Å²) in [5.74, 6) is 0.722. The van der Waals surface area contributed by atoms with E-state index >= 15 is 0 Å². The Morgan fingerprint density at radius 3 is 2.95 bits per heavy atom. The zero-order valence-electron chi connectivity index (χ0n) is 10.7. The summed E-state index contributed by atoms with van der Waals surface area (Å²) in [6.45, 7) is 2.08. The Hall–Kier alpha value is -1.92. The predicted octanol–water partition coefficient (Wildman–Crippen LogP) is 3.55. The number of nitrogens with zero attached hydrogens (tertiary/aromatic N) is 4. The third-order valence-corrected chi connectivity index (χ3v) is 4.23. The van der Waals surface area contributed by atoms with E-state index in [1.54, 1.807) is 28.5 Å². The summed E-state index contributed by atoms with van der Waals surface area (Å²) in [5, 5.41) is 7.54. The van der Waals surface area contributed by atoms with Crippen molar-refractivity contribution >= 4 is 28.6 Å². The van der Waals surface area contributed by atoms with Gasteiger partial charge in [0.15, 0.2) is 5.82 Å². The molecule has 0 bridgehead atoms. The molecule has 0 spiro atoms. The molecule has 3 rings (SSSR count). The van der Waals surface area contributed by atoms with E-state index in [0.29, 0.717) is 0 Å². The van der Waals surface area contributed by atoms with Gasteiger partial charge in [0.1, 0.15) is 12.7 Å². The maximum absolute atomic E-state index is 5.98. The first kappa shape index (κ1) is 13.1. The molecule has 7 heteroatoms. The first-order chi connectivity index (χ1) is 9.74. The SMILES string of the molecule is CC(Nc1cccnc1-n1cncn1)c1ccc(Cl)s1. The van der Waals surface area contributed by atoms with Gasteiger partial charge in [0, 0.05) is 11.1 Å². The van der Waals surface area contributed by atoms with Crippen molar-refractivity contribution in [3.05, 3.63) is 52.3 Å². The van der Waals surface area contributed by atoms with Gasteiger partial charge in [-0.05, 0) is 31.2 Å². The third-order valence-electron chi connectivity index (χ3n) is 2.82. The van der Waals surface area contributed by atoms with E-state index in [9.17, 15) is 0 Å². The smallest absolute Gasteiger partial charge is 0.178 e. The topological polar surface area (TPSA) is 55.6 Å². The lowest BCUT2D eigenvalue weighted by Gasteiger charge is -2.15. The van der Waals surface area contributed by atoms with E-state index in [2.05, 4.69) is 27.3 Å². The summed E-state index contributed by atoms with van der Waals surface area (Å²) < 4.78 is 2.42. The molecule has 1 unspecified atom stereocenters. The first-order valence-electron chi connectivity index (χ1n) is 6.06. The highest BCUT2D eigenvalue weighted by molar-refractivity contribution is 7.16. The molecule has 1 N–H and O–H groups in total. The minimum atomic E-state index is 0.138. The summed E-state index contributed by atoms with van der Waals surface area (Å²) in [7, 11) is 0. The molecule has 0 fully saturated rings. The fraction of sp³-hybridized carbons (Fsp3) is 0.154. The van der Waals surface area contributed by atoms with Gasteiger partial charge >= 0.3 is 0 Å². The van der Waals surface area contributed by atoms with Crippen LogP contribution in [0.4, 0.5) is 5.69 Å². The number of anilines is 1. The van der Waals surface area contributed by atoms with Gasteiger partial charge in [-0.3, -0.25) is 0 Å². The zero-order chi connectivity index (χ0) is 13.9. The lowest BCUT2D eigenvalue weighted by molar-refractivity contribution is 0.832. The Bertz CT molecular complexity index is 694. The number of pyridine rings is 1. The lowest BCUT2D eigenvalue weighted by atomic mass is 10.2. The van der Waals surface area contributed by atoms with E-state index in [1.807, 2.05) is 24.3 Å². The van der Waals surface area contributed by atoms with E-state index in [-0.39, 0.29) is 6.04 Å². The van der Waals surface area contributed by atoms with Crippen molar-refractivity contribution < 1.29 is 0 Å². The lowest BCUT2D eigenvalue weighted by Crippen LogP contribution is -2.09. The molecular formula is C13H12ClN5S. The number of nitrogens with one attached hydrogen (secondary N) is 1. The van der Waals surface area contributed by atoms with Gasteiger partial charge in [-0.15, -0.1) is 11.3 Å². The standard InChI is InChI=1S/C13H12ClN5S/c1-9(11-4-5-12(14)20-11)18-10-3-2-6-16-13(10)19-8-15-7-17-19/h2-9,18H,1H3. The van der Waals surface area contributed by atoms with Crippen molar-refractivity contribution in [2.24, 2.45) is 0 Å². The number of halogens is 1. The van der Waals surface area contributed by atoms with Gasteiger partial charge in [0.25, 0.3) is 0 Å². The van der Waals surface area contributed by atoms with E-state index in [1.165, 1.54) is 11.2 Å². The van der Waals surface area contributed by atoms with Crippen molar-refractivity contribution in [2.45, 2.75) is 13.0 Å². The first-order valence-corrected chi connectivity index (χ1v) is 7.25. The molecule has 0 aromatic carbocycles. The highest BCUT2D eigenvalue weighted by Crippen LogP contribution is 2.30. The fourth-order valence-corrected chi connectivity index (χ4v) is 2.94. The number of aromatic nitrogens is 4. The molecule has 0 saturated heterocycles. The second-order valence-corrected chi connectivity index (χ2v) is 5.97. The van der Waals surface area contributed by atoms with Gasteiger partial charge in [0.05, 0.1) is 16.1 Å². The molecule has 3 aromatic heterocycles. The van der Waals surface area contributed by atoms with Crippen LogP contribution >= 0.6 is 22.9 Å². The summed E-state index contributed by atoms with van der Waals surface area (Å²) in [6, 6.07) is 7.92. The molecular weight excluding hydrogens is 294 g/mol. The van der Waals surface area contributed by atoms with Gasteiger partial charge in [0.2, 0.25) is 0 Å². The third kappa shape index (κ3) is 2.66. The van der Waals surface area contributed by atoms with Crippen molar-refractivity contribution in [1.29, 1.82) is 0 Å². The monoisotopic (exact) mass is 305 g/mol.